The summed E-state index contributed by atoms with van der Waals surface area (Å²) < 4.78 is 25.4. The molecule has 140 valence electrons. The maximum atomic E-state index is 12.8. The Balaban J connectivity index is 0.00000225. The third kappa shape index (κ3) is 3.64. The number of hydrogen-bond acceptors (Lipinski definition) is 4. The van der Waals surface area contributed by atoms with Gasteiger partial charge in [-0.3, -0.25) is 9.10 Å². The van der Waals surface area contributed by atoms with Crippen LogP contribution in [-0.4, -0.2) is 51.2 Å². The molecule has 1 aromatic rings. The summed E-state index contributed by atoms with van der Waals surface area (Å²) in [5.41, 5.74) is 8.04. The third-order valence-corrected chi connectivity index (χ3v) is 6.45. The number of nitrogens with two attached hydrogens (primary N) is 1. The van der Waals surface area contributed by atoms with Crippen LogP contribution in [0.5, 0.6) is 0 Å². The van der Waals surface area contributed by atoms with E-state index in [1.807, 2.05) is 17.9 Å². The molecule has 8 heteroatoms. The van der Waals surface area contributed by atoms with Gasteiger partial charge < -0.3 is 10.6 Å². The highest BCUT2D eigenvalue weighted by Gasteiger charge is 2.36. The van der Waals surface area contributed by atoms with Gasteiger partial charge in [-0.25, -0.2) is 8.42 Å². The van der Waals surface area contributed by atoms with E-state index in [1.165, 1.54) is 10.6 Å². The molecule has 3 rings (SSSR count). The van der Waals surface area contributed by atoms with Crippen molar-refractivity contribution in [2.24, 2.45) is 11.1 Å². The molecule has 25 heavy (non-hydrogen) atoms. The predicted octanol–water partition coefficient (Wildman–Crippen LogP) is 1.63. The molecule has 2 N–H and O–H groups in total. The minimum absolute atomic E-state index is 0. The molecule has 0 spiro atoms. The van der Waals surface area contributed by atoms with Crippen molar-refractivity contribution in [3.63, 3.8) is 0 Å². The molecule has 2 atom stereocenters. The normalized spacial score (nSPS) is 25.7. The Hall–Kier alpha value is -1.31. The largest absolute Gasteiger partial charge is 0.338 e. The number of halogens is 1. The molecule has 0 aromatic heterocycles. The Morgan fingerprint density at radius 1 is 1.40 bits per heavy atom. The van der Waals surface area contributed by atoms with Gasteiger partial charge in [0.05, 0.1) is 11.9 Å². The summed E-state index contributed by atoms with van der Waals surface area (Å²) in [6.07, 6.45) is 2.76. The lowest BCUT2D eigenvalue weighted by molar-refractivity contribution is 0.0777. The van der Waals surface area contributed by atoms with E-state index in [4.69, 9.17) is 5.73 Å². The monoisotopic (exact) mass is 387 g/mol. The van der Waals surface area contributed by atoms with Crippen molar-refractivity contribution in [1.82, 2.24) is 4.90 Å². The number of fused-ring (bicyclic) bond motifs is 1. The molecule has 0 saturated carbocycles. The first-order chi connectivity index (χ1) is 11.1. The molecular weight excluding hydrogens is 362 g/mol. The van der Waals surface area contributed by atoms with Crippen molar-refractivity contribution in [1.29, 1.82) is 0 Å². The Morgan fingerprint density at radius 3 is 2.64 bits per heavy atom. The van der Waals surface area contributed by atoms with E-state index in [0.717, 1.165) is 18.5 Å². The zero-order valence-electron chi connectivity index (χ0n) is 14.9. The van der Waals surface area contributed by atoms with Gasteiger partial charge in [0.25, 0.3) is 5.91 Å². The highest BCUT2D eigenvalue weighted by molar-refractivity contribution is 7.92. The molecule has 2 aliphatic rings. The number of hydrogen-bond donors (Lipinski definition) is 1. The zero-order chi connectivity index (χ0) is 17.7. The van der Waals surface area contributed by atoms with Crippen LogP contribution in [0.1, 0.15) is 36.2 Å². The number of carbonyl (C=O) groups excluding carboxylic acids is 1. The first kappa shape index (κ1) is 20.0. The Morgan fingerprint density at radius 2 is 2.08 bits per heavy atom. The van der Waals surface area contributed by atoms with Crippen LogP contribution in [-0.2, 0) is 16.4 Å². The van der Waals surface area contributed by atoms with Gasteiger partial charge in [-0.05, 0) is 55.5 Å². The number of benzene rings is 1. The summed E-state index contributed by atoms with van der Waals surface area (Å²) in [4.78, 5) is 14.6. The maximum Gasteiger partial charge on any atom is 0.253 e. The predicted molar refractivity (Wildman–Crippen MR) is 102 cm³/mol. The van der Waals surface area contributed by atoms with Gasteiger partial charge in [0.1, 0.15) is 0 Å². The van der Waals surface area contributed by atoms with E-state index in [-0.39, 0.29) is 29.8 Å². The van der Waals surface area contributed by atoms with Gasteiger partial charge in [0.15, 0.2) is 0 Å². The second kappa shape index (κ2) is 6.78. The summed E-state index contributed by atoms with van der Waals surface area (Å²) in [5.74, 6) is 0.000402. The van der Waals surface area contributed by atoms with Crippen molar-refractivity contribution in [2.75, 3.05) is 30.2 Å². The van der Waals surface area contributed by atoms with Crippen LogP contribution in [0.15, 0.2) is 18.2 Å². The first-order valence-corrected chi connectivity index (χ1v) is 10.1. The van der Waals surface area contributed by atoms with Crippen LogP contribution in [0.25, 0.3) is 0 Å². The average Bonchev–Trinajstić information content (AvgIpc) is 3.05. The maximum absolute atomic E-state index is 12.8. The fourth-order valence-electron chi connectivity index (χ4n) is 3.79. The highest BCUT2D eigenvalue weighted by Crippen LogP contribution is 2.35. The highest BCUT2D eigenvalue weighted by atomic mass is 35.5. The topological polar surface area (TPSA) is 83.7 Å². The number of sulfonamides is 1. The van der Waals surface area contributed by atoms with Gasteiger partial charge in [0.2, 0.25) is 10.0 Å². The molecule has 1 fully saturated rings. The van der Waals surface area contributed by atoms with Gasteiger partial charge in [0, 0.05) is 24.7 Å². The van der Waals surface area contributed by atoms with Crippen LogP contribution >= 0.6 is 12.4 Å². The average molecular weight is 388 g/mol. The second-order valence-electron chi connectivity index (χ2n) is 7.45. The lowest BCUT2D eigenvalue weighted by Crippen LogP contribution is -2.35. The molecule has 6 nitrogen and oxygen atoms in total. The molecule has 1 amide bonds. The van der Waals surface area contributed by atoms with E-state index >= 15 is 0 Å². The number of likely N-dealkylation sites (tertiary alicyclic amines) is 1. The molecule has 0 bridgehead atoms. The van der Waals surface area contributed by atoms with Crippen LogP contribution in [0.3, 0.4) is 0 Å². The molecule has 2 unspecified atom stereocenters. The molecule has 1 aromatic carbocycles. The van der Waals surface area contributed by atoms with Gasteiger partial charge in [-0.15, -0.1) is 12.4 Å². The van der Waals surface area contributed by atoms with Crippen LogP contribution in [0, 0.1) is 5.41 Å². The molecule has 0 aliphatic carbocycles. The van der Waals surface area contributed by atoms with Gasteiger partial charge in [-0.2, -0.15) is 0 Å². The molecular formula is C17H26ClN3O3S. The van der Waals surface area contributed by atoms with Crippen molar-refractivity contribution < 1.29 is 13.2 Å². The minimum atomic E-state index is -3.31. The van der Waals surface area contributed by atoms with E-state index < -0.39 is 10.0 Å². The van der Waals surface area contributed by atoms with E-state index in [1.54, 1.807) is 12.1 Å². The van der Waals surface area contributed by atoms with Crippen molar-refractivity contribution in [2.45, 2.75) is 32.7 Å². The summed E-state index contributed by atoms with van der Waals surface area (Å²) in [7, 11) is -3.31. The Labute approximate surface area is 155 Å². The lowest BCUT2D eigenvalue weighted by atomic mass is 9.90. The minimum Gasteiger partial charge on any atom is -0.338 e. The fraction of sp³-hybridized carbons (Fsp3) is 0.588. The molecule has 2 aliphatic heterocycles. The summed E-state index contributed by atoms with van der Waals surface area (Å²) in [6.45, 7) is 5.95. The van der Waals surface area contributed by atoms with E-state index in [2.05, 4.69) is 6.92 Å². The lowest BCUT2D eigenvalue weighted by Gasteiger charge is -2.23. The first-order valence-electron chi connectivity index (χ1n) is 8.26. The van der Waals surface area contributed by atoms with Crippen molar-refractivity contribution in [3.05, 3.63) is 29.3 Å². The molecule has 1 saturated heterocycles. The van der Waals surface area contributed by atoms with Gasteiger partial charge >= 0.3 is 0 Å². The molecule has 0 radical (unpaired) electrons. The second-order valence-corrected chi connectivity index (χ2v) is 9.31. The number of anilines is 1. The number of rotatable bonds is 3. The number of amides is 1. The van der Waals surface area contributed by atoms with E-state index in [0.29, 0.717) is 30.8 Å². The summed E-state index contributed by atoms with van der Waals surface area (Å²) in [5, 5.41) is 0. The quantitative estimate of drug-likeness (QED) is 0.854. The smallest absolute Gasteiger partial charge is 0.253 e. The van der Waals surface area contributed by atoms with Gasteiger partial charge in [-0.1, -0.05) is 6.92 Å². The van der Waals surface area contributed by atoms with Crippen molar-refractivity contribution in [3.8, 4) is 0 Å². The fourth-order valence-corrected chi connectivity index (χ4v) is 5.05. The zero-order valence-corrected chi connectivity index (χ0v) is 16.5. The SMILES string of the molecule is CC1Cc2cc(C(=O)N3CCC(C)(CN)C3)ccc2N1S(C)(=O)=O.Cl. The number of carbonyl (C=O) groups is 1. The summed E-state index contributed by atoms with van der Waals surface area (Å²) in [6, 6.07) is 5.21. The van der Waals surface area contributed by atoms with Crippen molar-refractivity contribution >= 4 is 34.0 Å². The summed E-state index contributed by atoms with van der Waals surface area (Å²) >= 11 is 0. The standard InChI is InChI=1S/C17H25N3O3S.ClH/c1-12-8-14-9-13(4-5-15(14)20(12)24(3,22)23)16(21)19-7-6-17(2,10-18)11-19;/h4-5,9,12H,6-8,10-11,18H2,1-3H3;1H. The van der Waals surface area contributed by atoms with Crippen LogP contribution in [0.2, 0.25) is 0 Å². The Kier molecular flexibility index (Phi) is 5.42. The van der Waals surface area contributed by atoms with Crippen LogP contribution < -0.4 is 10.0 Å². The van der Waals surface area contributed by atoms with Crippen LogP contribution in [0.4, 0.5) is 5.69 Å². The number of nitrogens with zero attached hydrogens (tertiary/aromatic N) is 2. The van der Waals surface area contributed by atoms with E-state index in [9.17, 15) is 13.2 Å². The molecule has 2 heterocycles. The Bertz CT molecular complexity index is 783. The third-order valence-electron chi connectivity index (χ3n) is 5.17.